The van der Waals surface area contributed by atoms with Crippen molar-refractivity contribution in [3.05, 3.63) is 53.3 Å². The van der Waals surface area contributed by atoms with E-state index in [-0.39, 0.29) is 18.5 Å². The lowest BCUT2D eigenvalue weighted by Gasteiger charge is -2.32. The molecule has 2 heterocycles. The van der Waals surface area contributed by atoms with E-state index < -0.39 is 0 Å². The van der Waals surface area contributed by atoms with Gasteiger partial charge in [-0.05, 0) is 38.2 Å². The van der Waals surface area contributed by atoms with E-state index in [0.29, 0.717) is 42.8 Å². The topological polar surface area (TPSA) is 84.4 Å². The summed E-state index contributed by atoms with van der Waals surface area (Å²) in [5.41, 5.74) is 2.18. The number of anilines is 1. The lowest BCUT2D eigenvalue weighted by atomic mass is 9.98. The highest BCUT2D eigenvalue weighted by Gasteiger charge is 2.24. The fourth-order valence-corrected chi connectivity index (χ4v) is 3.34. The molecule has 3 rings (SSSR count). The first-order valence-electron chi connectivity index (χ1n) is 9.57. The molecule has 1 aliphatic rings. The van der Waals surface area contributed by atoms with E-state index >= 15 is 0 Å². The number of Topliss-reactive ketones (excluding diaryl/α,β-unsaturated/α-hetero) is 1. The summed E-state index contributed by atoms with van der Waals surface area (Å²) < 4.78 is 5.44. The average molecular weight is 382 g/mol. The molecule has 7 nitrogen and oxygen atoms in total. The minimum Gasteiger partial charge on any atom is -0.445 e. The number of benzene rings is 1. The molecule has 1 aliphatic heterocycles. The molecular weight excluding hydrogens is 356 g/mol. The molecule has 0 radical (unpaired) electrons. The maximum Gasteiger partial charge on any atom is 0.410 e. The molecule has 0 saturated carbocycles. The van der Waals surface area contributed by atoms with Crippen molar-refractivity contribution in [2.75, 3.05) is 25.0 Å². The minimum absolute atomic E-state index is 0.0408. The Morgan fingerprint density at radius 3 is 2.79 bits per heavy atom. The Hall–Kier alpha value is -2.96. The SMILES string of the molecule is CC(=O)c1cnc(NC[C@H]2CCCN(C(=O)OCc3ccccc3)C2)nc1C. The second-order valence-electron chi connectivity index (χ2n) is 7.12. The van der Waals surface area contributed by atoms with Crippen LogP contribution in [0.3, 0.4) is 0 Å². The van der Waals surface area contributed by atoms with Gasteiger partial charge in [-0.3, -0.25) is 4.79 Å². The van der Waals surface area contributed by atoms with Gasteiger partial charge in [0.15, 0.2) is 5.78 Å². The Kier molecular flexibility index (Phi) is 6.57. The molecule has 1 saturated heterocycles. The second-order valence-corrected chi connectivity index (χ2v) is 7.12. The minimum atomic E-state index is -0.272. The molecular formula is C21H26N4O3. The molecule has 28 heavy (non-hydrogen) atoms. The van der Waals surface area contributed by atoms with Crippen molar-refractivity contribution in [1.82, 2.24) is 14.9 Å². The number of hydrogen-bond donors (Lipinski definition) is 1. The number of nitrogens with zero attached hydrogens (tertiary/aromatic N) is 3. The van der Waals surface area contributed by atoms with Crippen LogP contribution in [0.25, 0.3) is 0 Å². The third-order valence-electron chi connectivity index (χ3n) is 4.89. The first-order chi connectivity index (χ1) is 13.5. The van der Waals surface area contributed by atoms with Crippen molar-refractivity contribution in [2.45, 2.75) is 33.3 Å². The van der Waals surface area contributed by atoms with Crippen LogP contribution in [-0.2, 0) is 11.3 Å². The van der Waals surface area contributed by atoms with Crippen LogP contribution in [-0.4, -0.2) is 46.4 Å². The van der Waals surface area contributed by atoms with E-state index in [0.717, 1.165) is 18.4 Å². The van der Waals surface area contributed by atoms with Gasteiger partial charge in [0, 0.05) is 25.8 Å². The number of carbonyl (C=O) groups excluding carboxylic acids is 2. The van der Waals surface area contributed by atoms with Gasteiger partial charge in [0.2, 0.25) is 5.95 Å². The Labute approximate surface area is 165 Å². The zero-order valence-corrected chi connectivity index (χ0v) is 16.4. The van der Waals surface area contributed by atoms with Gasteiger partial charge in [-0.15, -0.1) is 0 Å². The number of hydrogen-bond acceptors (Lipinski definition) is 6. The molecule has 148 valence electrons. The molecule has 7 heteroatoms. The van der Waals surface area contributed by atoms with Crippen LogP contribution >= 0.6 is 0 Å². The molecule has 0 aliphatic carbocycles. The van der Waals surface area contributed by atoms with Crippen LogP contribution in [0, 0.1) is 12.8 Å². The monoisotopic (exact) mass is 382 g/mol. The molecule has 1 fully saturated rings. The number of amides is 1. The molecule has 2 aromatic rings. The van der Waals surface area contributed by atoms with Crippen LogP contribution in [0.4, 0.5) is 10.7 Å². The molecule has 1 atom stereocenters. The third-order valence-corrected chi connectivity index (χ3v) is 4.89. The quantitative estimate of drug-likeness (QED) is 0.771. The Balaban J connectivity index is 1.48. The Morgan fingerprint density at radius 1 is 1.29 bits per heavy atom. The van der Waals surface area contributed by atoms with E-state index in [4.69, 9.17) is 4.74 Å². The van der Waals surface area contributed by atoms with E-state index in [1.54, 1.807) is 18.0 Å². The van der Waals surface area contributed by atoms with Crippen molar-refractivity contribution < 1.29 is 14.3 Å². The summed E-state index contributed by atoms with van der Waals surface area (Å²) in [6.07, 6.45) is 3.25. The highest BCUT2D eigenvalue weighted by molar-refractivity contribution is 5.94. The first-order valence-corrected chi connectivity index (χ1v) is 9.57. The summed E-state index contributed by atoms with van der Waals surface area (Å²) in [4.78, 5) is 34.2. The maximum absolute atomic E-state index is 12.4. The fraction of sp³-hybridized carbons (Fsp3) is 0.429. The van der Waals surface area contributed by atoms with E-state index in [9.17, 15) is 9.59 Å². The highest BCUT2D eigenvalue weighted by atomic mass is 16.6. The summed E-state index contributed by atoms with van der Waals surface area (Å²) in [5.74, 6) is 0.765. The Bertz CT molecular complexity index is 826. The van der Waals surface area contributed by atoms with Crippen LogP contribution in [0.1, 0.15) is 41.4 Å². The number of likely N-dealkylation sites (tertiary alicyclic amines) is 1. The third kappa shape index (κ3) is 5.28. The Morgan fingerprint density at radius 2 is 2.07 bits per heavy atom. The van der Waals surface area contributed by atoms with Gasteiger partial charge in [0.05, 0.1) is 11.3 Å². The molecule has 1 amide bonds. The highest BCUT2D eigenvalue weighted by Crippen LogP contribution is 2.18. The zero-order chi connectivity index (χ0) is 19.9. The number of aromatic nitrogens is 2. The molecule has 1 N–H and O–H groups in total. The summed E-state index contributed by atoms with van der Waals surface area (Å²) in [6.45, 7) is 5.62. The summed E-state index contributed by atoms with van der Waals surface area (Å²) in [7, 11) is 0. The number of ketones is 1. The van der Waals surface area contributed by atoms with Gasteiger partial charge in [0.25, 0.3) is 0 Å². The van der Waals surface area contributed by atoms with Crippen molar-refractivity contribution in [3.63, 3.8) is 0 Å². The number of nitrogens with one attached hydrogen (secondary N) is 1. The number of rotatable bonds is 6. The number of ether oxygens (including phenoxy) is 1. The summed E-state index contributed by atoms with van der Waals surface area (Å²) in [6, 6.07) is 9.68. The largest absolute Gasteiger partial charge is 0.445 e. The normalized spacial score (nSPS) is 16.5. The predicted octanol–water partition coefficient (Wildman–Crippen LogP) is 3.45. The van der Waals surface area contributed by atoms with Crippen LogP contribution in [0.2, 0.25) is 0 Å². The predicted molar refractivity (Wildman–Crippen MR) is 106 cm³/mol. The number of carbonyl (C=O) groups is 2. The van der Waals surface area contributed by atoms with E-state index in [2.05, 4.69) is 15.3 Å². The number of aryl methyl sites for hydroxylation is 1. The standard InChI is InChI=1S/C21H26N4O3/c1-15-19(16(2)26)12-23-20(24-15)22-11-18-9-6-10-25(13-18)21(27)28-14-17-7-4-3-5-8-17/h3-5,7-8,12,18H,6,9-11,13-14H2,1-2H3,(H,22,23,24)/t18-/m1/s1. The van der Waals surface area contributed by atoms with Gasteiger partial charge in [0.1, 0.15) is 6.61 Å². The smallest absolute Gasteiger partial charge is 0.410 e. The van der Waals surface area contributed by atoms with Crippen LogP contribution in [0.15, 0.2) is 36.5 Å². The summed E-state index contributed by atoms with van der Waals surface area (Å²) >= 11 is 0. The van der Waals surface area contributed by atoms with Crippen LogP contribution in [0.5, 0.6) is 0 Å². The lowest BCUT2D eigenvalue weighted by Crippen LogP contribution is -2.42. The zero-order valence-electron chi connectivity index (χ0n) is 16.4. The van der Waals surface area contributed by atoms with E-state index in [1.165, 1.54) is 6.92 Å². The van der Waals surface area contributed by atoms with Crippen molar-refractivity contribution >= 4 is 17.8 Å². The van der Waals surface area contributed by atoms with Gasteiger partial charge in [-0.1, -0.05) is 30.3 Å². The van der Waals surface area contributed by atoms with Gasteiger partial charge < -0.3 is 15.0 Å². The van der Waals surface area contributed by atoms with E-state index in [1.807, 2.05) is 30.3 Å². The van der Waals surface area contributed by atoms with Gasteiger partial charge in [-0.2, -0.15) is 0 Å². The van der Waals surface area contributed by atoms with Crippen molar-refractivity contribution in [1.29, 1.82) is 0 Å². The maximum atomic E-state index is 12.4. The molecule has 0 spiro atoms. The van der Waals surface area contributed by atoms with Gasteiger partial charge in [-0.25, -0.2) is 14.8 Å². The van der Waals surface area contributed by atoms with Crippen molar-refractivity contribution in [3.8, 4) is 0 Å². The first kappa shape index (κ1) is 19.8. The second kappa shape index (κ2) is 9.30. The molecule has 1 aromatic heterocycles. The fourth-order valence-electron chi connectivity index (χ4n) is 3.34. The number of piperidine rings is 1. The van der Waals surface area contributed by atoms with Crippen molar-refractivity contribution in [2.24, 2.45) is 5.92 Å². The lowest BCUT2D eigenvalue weighted by molar-refractivity contribution is 0.0804. The van der Waals surface area contributed by atoms with Gasteiger partial charge >= 0.3 is 6.09 Å². The average Bonchev–Trinajstić information content (AvgIpc) is 2.71. The molecule has 0 unspecified atom stereocenters. The summed E-state index contributed by atoms with van der Waals surface area (Å²) in [5, 5.41) is 3.23. The molecule has 0 bridgehead atoms. The molecule has 1 aromatic carbocycles. The van der Waals surface area contributed by atoms with Crippen LogP contribution < -0.4 is 5.32 Å².